The van der Waals surface area contributed by atoms with Crippen molar-refractivity contribution in [3.05, 3.63) is 30.1 Å². The van der Waals surface area contributed by atoms with Gasteiger partial charge in [0.25, 0.3) is 0 Å². The molecule has 1 fully saturated rings. The van der Waals surface area contributed by atoms with E-state index in [1.165, 1.54) is 16.8 Å². The van der Waals surface area contributed by atoms with Gasteiger partial charge in [-0.2, -0.15) is 0 Å². The third kappa shape index (κ3) is 3.05. The van der Waals surface area contributed by atoms with Crippen molar-refractivity contribution in [2.75, 3.05) is 26.2 Å². The average Bonchev–Trinajstić information content (AvgIpc) is 2.96. The molecule has 0 unspecified atom stereocenters. The Bertz CT molecular complexity index is 637. The van der Waals surface area contributed by atoms with Crippen LogP contribution in [0.3, 0.4) is 0 Å². The van der Waals surface area contributed by atoms with Crippen molar-refractivity contribution in [1.29, 1.82) is 0 Å². The molecule has 1 aromatic carbocycles. The molecular weight excluding hydrogens is 275 g/mol. The molecule has 1 aliphatic rings. The van der Waals surface area contributed by atoms with Crippen LogP contribution in [-0.4, -0.2) is 57.2 Å². The number of nitrogens with zero attached hydrogens (tertiary/aromatic N) is 5. The Hall–Kier alpha value is -2.35. The summed E-state index contributed by atoms with van der Waals surface area (Å²) in [6.45, 7) is 2.99. The molecule has 0 aliphatic carbocycles. The molecule has 1 aromatic heterocycles. The molecule has 0 spiro atoms. The van der Waals surface area contributed by atoms with Crippen LogP contribution in [-0.2, 0) is 11.3 Å². The minimum Gasteiger partial charge on any atom is -0.339 e. The second-order valence-corrected chi connectivity index (χ2v) is 4.80. The fraction of sp³-hybridized carbons (Fsp3) is 0.385. The molecule has 1 saturated heterocycles. The van der Waals surface area contributed by atoms with Crippen LogP contribution in [0.2, 0.25) is 0 Å². The monoisotopic (exact) mass is 290 g/mol. The number of halogens is 1. The lowest BCUT2D eigenvalue weighted by atomic mass is 10.2. The Balaban J connectivity index is 1.78. The third-order valence-corrected chi connectivity index (χ3v) is 3.37. The molecule has 0 bridgehead atoms. The summed E-state index contributed by atoms with van der Waals surface area (Å²) >= 11 is 0. The summed E-state index contributed by atoms with van der Waals surface area (Å²) in [5, 5.41) is 14.5. The Labute approximate surface area is 120 Å². The van der Waals surface area contributed by atoms with E-state index >= 15 is 0 Å². The van der Waals surface area contributed by atoms with Crippen LogP contribution >= 0.6 is 0 Å². The third-order valence-electron chi connectivity index (χ3n) is 3.37. The van der Waals surface area contributed by atoms with Gasteiger partial charge in [0, 0.05) is 31.7 Å². The summed E-state index contributed by atoms with van der Waals surface area (Å²) in [6.07, 6.45) is 0. The highest BCUT2D eigenvalue weighted by Gasteiger charge is 2.19. The average molecular weight is 290 g/mol. The number of aromatic nitrogens is 4. The maximum Gasteiger partial charge on any atom is 0.244 e. The quantitative estimate of drug-likeness (QED) is 0.855. The van der Waals surface area contributed by atoms with Crippen LogP contribution in [0.15, 0.2) is 24.3 Å². The molecule has 2 aromatic rings. The second kappa shape index (κ2) is 5.96. The highest BCUT2D eigenvalue weighted by atomic mass is 19.1. The van der Waals surface area contributed by atoms with Gasteiger partial charge in [0.05, 0.1) is 0 Å². The molecular formula is C13H15FN6O. The number of tetrazole rings is 1. The molecule has 2 heterocycles. The zero-order chi connectivity index (χ0) is 14.7. The molecule has 7 nitrogen and oxygen atoms in total. The van der Waals surface area contributed by atoms with E-state index in [0.29, 0.717) is 24.5 Å². The van der Waals surface area contributed by atoms with Crippen molar-refractivity contribution in [3.63, 3.8) is 0 Å². The van der Waals surface area contributed by atoms with E-state index in [0.717, 1.165) is 13.1 Å². The topological polar surface area (TPSA) is 75.9 Å². The number of carbonyl (C=O) groups is 1. The maximum atomic E-state index is 13.3. The Kier molecular flexibility index (Phi) is 3.87. The maximum absolute atomic E-state index is 13.3. The molecule has 0 atom stereocenters. The van der Waals surface area contributed by atoms with Gasteiger partial charge in [-0.3, -0.25) is 4.79 Å². The van der Waals surface area contributed by atoms with Gasteiger partial charge in [0.15, 0.2) is 5.82 Å². The van der Waals surface area contributed by atoms with E-state index in [1.807, 2.05) is 0 Å². The van der Waals surface area contributed by atoms with Crippen LogP contribution in [0.1, 0.15) is 0 Å². The molecule has 0 radical (unpaired) electrons. The van der Waals surface area contributed by atoms with Gasteiger partial charge in [-0.25, -0.2) is 9.07 Å². The number of nitrogens with one attached hydrogen (secondary N) is 1. The Morgan fingerprint density at radius 1 is 1.33 bits per heavy atom. The minimum atomic E-state index is -0.365. The summed E-state index contributed by atoms with van der Waals surface area (Å²) < 4.78 is 14.7. The van der Waals surface area contributed by atoms with Crippen molar-refractivity contribution in [2.24, 2.45) is 0 Å². The van der Waals surface area contributed by atoms with Crippen LogP contribution in [0.5, 0.6) is 0 Å². The van der Waals surface area contributed by atoms with Crippen LogP contribution in [0, 0.1) is 5.82 Å². The van der Waals surface area contributed by atoms with Crippen LogP contribution in [0.25, 0.3) is 11.4 Å². The van der Waals surface area contributed by atoms with Gasteiger partial charge in [-0.1, -0.05) is 12.1 Å². The van der Waals surface area contributed by atoms with Gasteiger partial charge in [0.2, 0.25) is 5.91 Å². The number of amides is 1. The highest BCUT2D eigenvalue weighted by Crippen LogP contribution is 2.16. The number of benzene rings is 1. The smallest absolute Gasteiger partial charge is 0.244 e. The summed E-state index contributed by atoms with van der Waals surface area (Å²) in [6, 6.07) is 5.99. The summed E-state index contributed by atoms with van der Waals surface area (Å²) in [5.41, 5.74) is 0.549. The lowest BCUT2D eigenvalue weighted by molar-refractivity contribution is -0.132. The van der Waals surface area contributed by atoms with Crippen LogP contribution < -0.4 is 5.32 Å². The first-order valence-corrected chi connectivity index (χ1v) is 6.74. The van der Waals surface area contributed by atoms with Gasteiger partial charge >= 0.3 is 0 Å². The van der Waals surface area contributed by atoms with E-state index < -0.39 is 0 Å². The van der Waals surface area contributed by atoms with Crippen molar-refractivity contribution < 1.29 is 9.18 Å². The second-order valence-electron chi connectivity index (χ2n) is 4.80. The molecule has 110 valence electrons. The minimum absolute atomic E-state index is 0.0403. The number of hydrogen-bond donors (Lipinski definition) is 1. The molecule has 21 heavy (non-hydrogen) atoms. The number of hydrogen-bond acceptors (Lipinski definition) is 5. The van der Waals surface area contributed by atoms with E-state index in [4.69, 9.17) is 0 Å². The van der Waals surface area contributed by atoms with Gasteiger partial charge in [0.1, 0.15) is 12.4 Å². The summed E-state index contributed by atoms with van der Waals surface area (Å²) in [5.74, 6) is -0.0186. The molecule has 3 rings (SSSR count). The zero-order valence-electron chi connectivity index (χ0n) is 11.4. The predicted molar refractivity (Wildman–Crippen MR) is 72.7 cm³/mol. The fourth-order valence-corrected chi connectivity index (χ4v) is 2.29. The Morgan fingerprint density at radius 2 is 2.14 bits per heavy atom. The zero-order valence-corrected chi connectivity index (χ0v) is 11.4. The summed E-state index contributed by atoms with van der Waals surface area (Å²) in [4.78, 5) is 14.0. The Morgan fingerprint density at radius 3 is 2.90 bits per heavy atom. The van der Waals surface area contributed by atoms with E-state index in [1.54, 1.807) is 17.0 Å². The first-order valence-electron chi connectivity index (χ1n) is 6.74. The largest absolute Gasteiger partial charge is 0.339 e. The van der Waals surface area contributed by atoms with Crippen molar-refractivity contribution in [3.8, 4) is 11.4 Å². The van der Waals surface area contributed by atoms with Crippen LogP contribution in [0.4, 0.5) is 4.39 Å². The molecule has 1 N–H and O–H groups in total. The highest BCUT2D eigenvalue weighted by molar-refractivity contribution is 5.76. The van der Waals surface area contributed by atoms with E-state index in [9.17, 15) is 9.18 Å². The lowest BCUT2D eigenvalue weighted by Crippen LogP contribution is -2.47. The first-order chi connectivity index (χ1) is 10.2. The van der Waals surface area contributed by atoms with Crippen molar-refractivity contribution in [1.82, 2.24) is 30.4 Å². The number of piperazine rings is 1. The first kappa shape index (κ1) is 13.6. The lowest BCUT2D eigenvalue weighted by Gasteiger charge is -2.27. The van der Waals surface area contributed by atoms with E-state index in [-0.39, 0.29) is 18.3 Å². The predicted octanol–water partition coefficient (Wildman–Crippen LogP) is -0.0890. The standard InChI is InChI=1S/C13H15FN6O/c14-11-3-1-2-10(8-11)13-16-17-18-20(13)9-12(21)19-6-4-15-5-7-19/h1-3,8,15H,4-7,9H2. The number of rotatable bonds is 3. The molecule has 1 amide bonds. The van der Waals surface area contributed by atoms with Gasteiger partial charge < -0.3 is 10.2 Å². The van der Waals surface area contributed by atoms with Crippen molar-refractivity contribution >= 4 is 5.91 Å². The summed E-state index contributed by atoms with van der Waals surface area (Å²) in [7, 11) is 0. The fourth-order valence-electron chi connectivity index (χ4n) is 2.29. The number of carbonyl (C=O) groups excluding carboxylic acids is 1. The SMILES string of the molecule is O=C(Cn1nnnc1-c1cccc(F)c1)N1CCNCC1. The van der Waals surface area contributed by atoms with Gasteiger partial charge in [-0.05, 0) is 22.6 Å². The van der Waals surface area contributed by atoms with Gasteiger partial charge in [-0.15, -0.1) is 5.10 Å². The molecule has 1 aliphatic heterocycles. The van der Waals surface area contributed by atoms with Crippen molar-refractivity contribution in [2.45, 2.75) is 6.54 Å². The van der Waals surface area contributed by atoms with E-state index in [2.05, 4.69) is 20.8 Å². The normalized spacial score (nSPS) is 15.2. The molecule has 0 saturated carbocycles. The molecule has 8 heteroatoms.